The molecule has 0 aliphatic carbocycles. The third-order valence-electron chi connectivity index (χ3n) is 2.35. The van der Waals surface area contributed by atoms with Crippen LogP contribution in [0.3, 0.4) is 0 Å². The number of nitrogens with zero attached hydrogens (tertiary/aromatic N) is 3. The van der Waals surface area contributed by atoms with Crippen LogP contribution in [0.25, 0.3) is 0 Å². The Morgan fingerprint density at radius 2 is 2.16 bits per heavy atom. The average Bonchev–Trinajstić information content (AvgIpc) is 2.82. The van der Waals surface area contributed by atoms with Crippen LogP contribution in [-0.2, 0) is 6.54 Å². The number of thiazole rings is 1. The minimum Gasteiger partial charge on any atom is -0.361 e. The molecular formula is C12H16FN5S. The van der Waals surface area contributed by atoms with Crippen LogP contribution < -0.4 is 10.6 Å². The van der Waals surface area contributed by atoms with E-state index in [9.17, 15) is 4.39 Å². The molecule has 0 atom stereocenters. The zero-order valence-electron chi connectivity index (χ0n) is 10.9. The van der Waals surface area contributed by atoms with Crippen molar-refractivity contribution in [1.29, 1.82) is 0 Å². The highest BCUT2D eigenvalue weighted by Crippen LogP contribution is 2.15. The van der Waals surface area contributed by atoms with E-state index in [1.807, 2.05) is 19.2 Å². The van der Waals surface area contributed by atoms with E-state index in [1.165, 1.54) is 17.5 Å². The van der Waals surface area contributed by atoms with Crippen molar-refractivity contribution in [2.24, 2.45) is 0 Å². The number of rotatable bonds is 6. The number of anilines is 2. The Bertz CT molecular complexity index is 543. The molecule has 0 fully saturated rings. The van der Waals surface area contributed by atoms with E-state index in [2.05, 4.69) is 25.6 Å². The third-order valence-corrected chi connectivity index (χ3v) is 3.32. The average molecular weight is 281 g/mol. The summed E-state index contributed by atoms with van der Waals surface area (Å²) in [7, 11) is 0. The van der Waals surface area contributed by atoms with E-state index >= 15 is 0 Å². The van der Waals surface area contributed by atoms with Crippen molar-refractivity contribution in [2.75, 3.05) is 17.2 Å². The molecule has 0 aromatic carbocycles. The number of aromatic nitrogens is 3. The molecule has 0 unspecified atom stereocenters. The molecule has 5 nitrogen and oxygen atoms in total. The summed E-state index contributed by atoms with van der Waals surface area (Å²) >= 11 is 1.54. The van der Waals surface area contributed by atoms with E-state index in [0.29, 0.717) is 12.5 Å². The van der Waals surface area contributed by atoms with Gasteiger partial charge < -0.3 is 10.6 Å². The highest BCUT2D eigenvalue weighted by molar-refractivity contribution is 7.09. The second kappa shape index (κ2) is 6.42. The molecule has 19 heavy (non-hydrogen) atoms. The van der Waals surface area contributed by atoms with E-state index in [0.717, 1.165) is 23.7 Å². The summed E-state index contributed by atoms with van der Waals surface area (Å²) in [5.41, 5.74) is 0.968. The topological polar surface area (TPSA) is 62.7 Å². The number of nitrogens with one attached hydrogen (secondary N) is 2. The Morgan fingerprint density at radius 1 is 1.32 bits per heavy atom. The Labute approximate surface area is 115 Å². The van der Waals surface area contributed by atoms with Crippen LogP contribution in [-0.4, -0.2) is 21.5 Å². The van der Waals surface area contributed by atoms with Gasteiger partial charge in [-0.05, 0) is 13.3 Å². The van der Waals surface area contributed by atoms with E-state index in [4.69, 9.17) is 0 Å². The van der Waals surface area contributed by atoms with Crippen molar-refractivity contribution in [3.8, 4) is 0 Å². The molecule has 0 radical (unpaired) electrons. The summed E-state index contributed by atoms with van der Waals surface area (Å²) in [4.78, 5) is 12.3. The van der Waals surface area contributed by atoms with Crippen LogP contribution in [0.1, 0.15) is 24.0 Å². The van der Waals surface area contributed by atoms with Crippen molar-refractivity contribution in [2.45, 2.75) is 26.8 Å². The number of aryl methyl sites for hydroxylation is 1. The molecule has 0 aliphatic rings. The van der Waals surface area contributed by atoms with Gasteiger partial charge in [-0.1, -0.05) is 6.92 Å². The van der Waals surface area contributed by atoms with Crippen LogP contribution in [0.4, 0.5) is 16.2 Å². The molecule has 0 aliphatic heterocycles. The molecule has 0 spiro atoms. The maximum Gasteiger partial charge on any atom is 0.224 e. The van der Waals surface area contributed by atoms with E-state index < -0.39 is 5.82 Å². The molecule has 2 rings (SSSR count). The summed E-state index contributed by atoms with van der Waals surface area (Å²) in [5, 5.41) is 8.82. The van der Waals surface area contributed by atoms with Crippen LogP contribution in [0, 0.1) is 12.7 Å². The fourth-order valence-electron chi connectivity index (χ4n) is 1.46. The minimum atomic E-state index is -0.463. The van der Waals surface area contributed by atoms with Gasteiger partial charge in [0.05, 0.1) is 12.7 Å². The standard InChI is InChI=1S/C12H16FN5S/c1-3-4-14-12-16-5-9(13)11(18-12)15-6-10-17-8(2)7-19-10/h5,7H,3-4,6H2,1-2H3,(H2,14,15,16,18). The quantitative estimate of drug-likeness (QED) is 0.852. The van der Waals surface area contributed by atoms with Gasteiger partial charge in [-0.15, -0.1) is 11.3 Å². The highest BCUT2D eigenvalue weighted by Gasteiger charge is 2.07. The zero-order chi connectivity index (χ0) is 13.7. The normalized spacial score (nSPS) is 10.5. The lowest BCUT2D eigenvalue weighted by atomic mass is 10.5. The predicted molar refractivity (Wildman–Crippen MR) is 74.9 cm³/mol. The summed E-state index contributed by atoms with van der Waals surface area (Å²) in [5.74, 6) is 0.165. The first-order valence-corrected chi connectivity index (χ1v) is 6.98. The van der Waals surface area contributed by atoms with E-state index in [-0.39, 0.29) is 5.82 Å². The summed E-state index contributed by atoms with van der Waals surface area (Å²) < 4.78 is 13.6. The van der Waals surface area contributed by atoms with Crippen LogP contribution in [0.2, 0.25) is 0 Å². The monoisotopic (exact) mass is 281 g/mol. The molecule has 2 N–H and O–H groups in total. The van der Waals surface area contributed by atoms with Crippen molar-refractivity contribution < 1.29 is 4.39 Å². The van der Waals surface area contributed by atoms with Crippen molar-refractivity contribution >= 4 is 23.1 Å². The fourth-order valence-corrected chi connectivity index (χ4v) is 2.17. The van der Waals surface area contributed by atoms with Gasteiger partial charge in [0.15, 0.2) is 11.6 Å². The first-order valence-electron chi connectivity index (χ1n) is 6.10. The molecule has 2 heterocycles. The number of hydrogen-bond acceptors (Lipinski definition) is 6. The molecule has 102 valence electrons. The van der Waals surface area contributed by atoms with Crippen LogP contribution in [0.5, 0.6) is 0 Å². The third kappa shape index (κ3) is 3.85. The summed E-state index contributed by atoms with van der Waals surface area (Å²) in [6, 6.07) is 0. The predicted octanol–water partition coefficient (Wildman–Crippen LogP) is 2.81. The maximum absolute atomic E-state index is 13.6. The van der Waals surface area contributed by atoms with Crippen molar-refractivity contribution in [3.63, 3.8) is 0 Å². The van der Waals surface area contributed by atoms with Gasteiger partial charge in [0.2, 0.25) is 5.95 Å². The van der Waals surface area contributed by atoms with Gasteiger partial charge in [0.1, 0.15) is 5.01 Å². The number of halogens is 1. The lowest BCUT2D eigenvalue weighted by molar-refractivity contribution is 0.617. The lowest BCUT2D eigenvalue weighted by Crippen LogP contribution is -2.09. The maximum atomic E-state index is 13.6. The lowest BCUT2D eigenvalue weighted by Gasteiger charge is -2.07. The molecule has 0 saturated carbocycles. The van der Waals surface area contributed by atoms with Gasteiger partial charge >= 0.3 is 0 Å². The largest absolute Gasteiger partial charge is 0.361 e. The molecule has 2 aromatic rings. The molecular weight excluding hydrogens is 265 g/mol. The Balaban J connectivity index is 2.02. The molecule has 0 saturated heterocycles. The Hall–Kier alpha value is -1.76. The second-order valence-electron chi connectivity index (χ2n) is 4.05. The molecule has 2 aromatic heterocycles. The van der Waals surface area contributed by atoms with Crippen molar-refractivity contribution in [1.82, 2.24) is 15.0 Å². The first-order chi connectivity index (χ1) is 9.19. The summed E-state index contributed by atoms with van der Waals surface area (Å²) in [6.07, 6.45) is 2.13. The van der Waals surface area contributed by atoms with Gasteiger partial charge in [0, 0.05) is 17.6 Å². The molecule has 0 bridgehead atoms. The van der Waals surface area contributed by atoms with Gasteiger partial charge in [-0.2, -0.15) is 4.98 Å². The first kappa shape index (κ1) is 13.7. The van der Waals surface area contributed by atoms with Gasteiger partial charge in [-0.3, -0.25) is 0 Å². The minimum absolute atomic E-state index is 0.196. The second-order valence-corrected chi connectivity index (χ2v) is 5.00. The zero-order valence-corrected chi connectivity index (χ0v) is 11.7. The summed E-state index contributed by atoms with van der Waals surface area (Å²) in [6.45, 7) is 5.19. The van der Waals surface area contributed by atoms with Crippen LogP contribution >= 0.6 is 11.3 Å². The highest BCUT2D eigenvalue weighted by atomic mass is 32.1. The van der Waals surface area contributed by atoms with Gasteiger partial charge in [-0.25, -0.2) is 14.4 Å². The fraction of sp³-hybridized carbons (Fsp3) is 0.417. The van der Waals surface area contributed by atoms with Crippen molar-refractivity contribution in [3.05, 3.63) is 28.1 Å². The molecule has 7 heteroatoms. The number of hydrogen-bond donors (Lipinski definition) is 2. The molecule has 0 amide bonds. The Morgan fingerprint density at radius 3 is 2.84 bits per heavy atom. The van der Waals surface area contributed by atoms with E-state index in [1.54, 1.807) is 0 Å². The Kier molecular flexibility index (Phi) is 4.62. The SMILES string of the molecule is CCCNc1ncc(F)c(NCc2nc(C)cs2)n1. The smallest absolute Gasteiger partial charge is 0.224 e. The van der Waals surface area contributed by atoms with Crippen LogP contribution in [0.15, 0.2) is 11.6 Å². The van der Waals surface area contributed by atoms with Gasteiger partial charge in [0.25, 0.3) is 0 Å².